The highest BCUT2D eigenvalue weighted by molar-refractivity contribution is 7.15. The fourth-order valence-corrected chi connectivity index (χ4v) is 3.76. The van der Waals surface area contributed by atoms with Gasteiger partial charge in [-0.1, -0.05) is 25.4 Å². The number of carbonyl (C=O) groups excluding carboxylic acids is 1. The van der Waals surface area contributed by atoms with Crippen molar-refractivity contribution < 1.29 is 4.79 Å². The van der Waals surface area contributed by atoms with Gasteiger partial charge in [0.15, 0.2) is 0 Å². The van der Waals surface area contributed by atoms with Crippen LogP contribution in [0.3, 0.4) is 0 Å². The highest BCUT2D eigenvalue weighted by Crippen LogP contribution is 2.28. The van der Waals surface area contributed by atoms with Crippen LogP contribution in [-0.4, -0.2) is 32.6 Å². The van der Waals surface area contributed by atoms with E-state index in [0.717, 1.165) is 10.6 Å². The number of hydrogen-bond donors (Lipinski definition) is 2. The number of primary amides is 1. The summed E-state index contributed by atoms with van der Waals surface area (Å²) in [5, 5.41) is 13.0. The van der Waals surface area contributed by atoms with Crippen LogP contribution in [0.5, 0.6) is 0 Å². The molecule has 0 saturated carbocycles. The van der Waals surface area contributed by atoms with Crippen molar-refractivity contribution in [2.75, 3.05) is 11.9 Å². The standard InChI is InChI=1S/C18H19ClN6OS/c1-18(2,16-12(19)4-3-7-21-16)10-23-15-6-5-13(24-25-15)17-22-9-11(27-17)8-14(20)26/h3-7,9H,8,10H2,1-2H3,(H2,20,26)(H,23,25). The summed E-state index contributed by atoms with van der Waals surface area (Å²) in [6, 6.07) is 7.32. The molecule has 0 radical (unpaired) electrons. The van der Waals surface area contributed by atoms with Gasteiger partial charge in [-0.15, -0.1) is 21.5 Å². The Balaban J connectivity index is 1.66. The molecule has 0 fully saturated rings. The first-order chi connectivity index (χ1) is 12.8. The Morgan fingerprint density at radius 3 is 2.74 bits per heavy atom. The number of halogens is 1. The van der Waals surface area contributed by atoms with Crippen LogP contribution in [0.1, 0.15) is 24.4 Å². The van der Waals surface area contributed by atoms with Gasteiger partial charge in [0.1, 0.15) is 16.5 Å². The zero-order chi connectivity index (χ0) is 19.4. The first-order valence-corrected chi connectivity index (χ1v) is 9.46. The molecule has 140 valence electrons. The van der Waals surface area contributed by atoms with E-state index >= 15 is 0 Å². The minimum atomic E-state index is -0.383. The zero-order valence-electron chi connectivity index (χ0n) is 14.9. The molecular weight excluding hydrogens is 384 g/mol. The molecule has 3 heterocycles. The Kier molecular flexibility index (Phi) is 5.67. The number of thiazole rings is 1. The lowest BCUT2D eigenvalue weighted by Gasteiger charge is -2.25. The van der Waals surface area contributed by atoms with E-state index in [9.17, 15) is 4.79 Å². The lowest BCUT2D eigenvalue weighted by atomic mass is 9.88. The summed E-state index contributed by atoms with van der Waals surface area (Å²) in [6.07, 6.45) is 3.55. The van der Waals surface area contributed by atoms with Crippen molar-refractivity contribution in [3.8, 4) is 10.7 Å². The zero-order valence-corrected chi connectivity index (χ0v) is 16.5. The van der Waals surface area contributed by atoms with E-state index in [1.165, 1.54) is 11.3 Å². The predicted octanol–water partition coefficient (Wildman–Crippen LogP) is 3.07. The number of nitrogens with two attached hydrogens (primary N) is 1. The molecule has 9 heteroatoms. The number of nitrogens with zero attached hydrogens (tertiary/aromatic N) is 4. The number of anilines is 1. The molecular formula is C18H19ClN6OS. The molecule has 0 aliphatic rings. The van der Waals surface area contributed by atoms with Crippen molar-refractivity contribution in [2.24, 2.45) is 5.73 Å². The number of hydrogen-bond acceptors (Lipinski definition) is 7. The van der Waals surface area contributed by atoms with E-state index < -0.39 is 0 Å². The summed E-state index contributed by atoms with van der Waals surface area (Å²) >= 11 is 7.64. The third-order valence-electron chi connectivity index (χ3n) is 3.90. The van der Waals surface area contributed by atoms with Crippen LogP contribution in [0.25, 0.3) is 10.7 Å². The molecule has 27 heavy (non-hydrogen) atoms. The number of pyridine rings is 1. The largest absolute Gasteiger partial charge is 0.369 e. The molecule has 0 aromatic carbocycles. The molecule has 0 atom stereocenters. The van der Waals surface area contributed by atoms with Crippen LogP contribution in [-0.2, 0) is 16.6 Å². The number of nitrogens with one attached hydrogen (secondary N) is 1. The predicted molar refractivity (Wildman–Crippen MR) is 107 cm³/mol. The van der Waals surface area contributed by atoms with Gasteiger partial charge in [-0.05, 0) is 24.3 Å². The number of rotatable bonds is 7. The van der Waals surface area contributed by atoms with Gasteiger partial charge in [0, 0.05) is 29.2 Å². The van der Waals surface area contributed by atoms with Gasteiger partial charge in [-0.2, -0.15) is 0 Å². The van der Waals surface area contributed by atoms with E-state index in [-0.39, 0.29) is 17.7 Å². The maximum Gasteiger partial charge on any atom is 0.222 e. The van der Waals surface area contributed by atoms with Crippen molar-refractivity contribution in [3.63, 3.8) is 0 Å². The second kappa shape index (κ2) is 7.98. The first kappa shape index (κ1) is 19.2. The lowest BCUT2D eigenvalue weighted by Crippen LogP contribution is -2.29. The highest BCUT2D eigenvalue weighted by atomic mass is 35.5. The molecule has 3 rings (SSSR count). The van der Waals surface area contributed by atoms with Gasteiger partial charge in [0.2, 0.25) is 5.91 Å². The number of amides is 1. The van der Waals surface area contributed by atoms with E-state index in [0.29, 0.717) is 28.1 Å². The minimum Gasteiger partial charge on any atom is -0.369 e. The Hall–Kier alpha value is -2.58. The summed E-state index contributed by atoms with van der Waals surface area (Å²) < 4.78 is 0. The molecule has 0 spiro atoms. The molecule has 1 amide bonds. The number of carbonyl (C=O) groups is 1. The van der Waals surface area contributed by atoms with Crippen LogP contribution in [0.4, 0.5) is 5.82 Å². The average molecular weight is 403 g/mol. The van der Waals surface area contributed by atoms with Crippen LogP contribution in [0.2, 0.25) is 5.02 Å². The Labute approximate surface area is 166 Å². The molecule has 0 saturated heterocycles. The minimum absolute atomic E-state index is 0.176. The summed E-state index contributed by atoms with van der Waals surface area (Å²) in [5.41, 5.74) is 6.40. The quantitative estimate of drug-likeness (QED) is 0.628. The second-order valence-electron chi connectivity index (χ2n) is 6.65. The van der Waals surface area contributed by atoms with Crippen LogP contribution < -0.4 is 11.1 Å². The van der Waals surface area contributed by atoms with Gasteiger partial charge < -0.3 is 11.1 Å². The van der Waals surface area contributed by atoms with Crippen molar-refractivity contribution >= 4 is 34.7 Å². The topological polar surface area (TPSA) is 107 Å². The fourth-order valence-electron chi connectivity index (χ4n) is 2.50. The van der Waals surface area contributed by atoms with E-state index in [2.05, 4.69) is 39.3 Å². The van der Waals surface area contributed by atoms with Crippen molar-refractivity contribution in [1.82, 2.24) is 20.2 Å². The van der Waals surface area contributed by atoms with Crippen LogP contribution in [0, 0.1) is 0 Å². The van der Waals surface area contributed by atoms with Crippen molar-refractivity contribution in [3.05, 3.63) is 52.3 Å². The normalized spacial score (nSPS) is 11.4. The highest BCUT2D eigenvalue weighted by Gasteiger charge is 2.24. The van der Waals surface area contributed by atoms with E-state index in [1.54, 1.807) is 12.4 Å². The molecule has 7 nitrogen and oxygen atoms in total. The van der Waals surface area contributed by atoms with E-state index in [4.69, 9.17) is 17.3 Å². The molecule has 3 aromatic heterocycles. The van der Waals surface area contributed by atoms with Gasteiger partial charge in [0.25, 0.3) is 0 Å². The van der Waals surface area contributed by atoms with Gasteiger partial charge in [-0.25, -0.2) is 4.98 Å². The molecule has 0 aliphatic carbocycles. The van der Waals surface area contributed by atoms with Gasteiger partial charge >= 0.3 is 0 Å². The summed E-state index contributed by atoms with van der Waals surface area (Å²) in [4.78, 5) is 20.4. The van der Waals surface area contributed by atoms with Crippen molar-refractivity contribution in [1.29, 1.82) is 0 Å². The molecule has 3 aromatic rings. The van der Waals surface area contributed by atoms with Crippen LogP contribution >= 0.6 is 22.9 Å². The maximum atomic E-state index is 11.0. The summed E-state index contributed by atoms with van der Waals surface area (Å²) in [5.74, 6) is 0.263. The number of aromatic nitrogens is 4. The average Bonchev–Trinajstić information content (AvgIpc) is 3.08. The molecule has 0 aliphatic heterocycles. The Morgan fingerprint density at radius 1 is 1.26 bits per heavy atom. The Morgan fingerprint density at radius 2 is 2.07 bits per heavy atom. The molecule has 3 N–H and O–H groups in total. The fraction of sp³-hybridized carbons (Fsp3) is 0.278. The van der Waals surface area contributed by atoms with Crippen LogP contribution in [0.15, 0.2) is 36.7 Å². The SMILES string of the molecule is CC(C)(CNc1ccc(-c2ncc(CC(N)=O)s2)nn1)c1ncccc1Cl. The van der Waals surface area contributed by atoms with Gasteiger partial charge in [0.05, 0.1) is 17.1 Å². The lowest BCUT2D eigenvalue weighted by molar-refractivity contribution is -0.117. The van der Waals surface area contributed by atoms with E-state index in [1.807, 2.05) is 24.3 Å². The first-order valence-electron chi connectivity index (χ1n) is 8.27. The molecule has 0 bridgehead atoms. The molecule has 0 unspecified atom stereocenters. The Bertz CT molecular complexity index is 941. The smallest absolute Gasteiger partial charge is 0.222 e. The summed E-state index contributed by atoms with van der Waals surface area (Å²) in [7, 11) is 0. The second-order valence-corrected chi connectivity index (χ2v) is 8.17. The maximum absolute atomic E-state index is 11.0. The van der Waals surface area contributed by atoms with Gasteiger partial charge in [-0.3, -0.25) is 9.78 Å². The third kappa shape index (κ3) is 4.78. The third-order valence-corrected chi connectivity index (χ3v) is 5.22. The monoisotopic (exact) mass is 402 g/mol. The van der Waals surface area contributed by atoms with Crippen molar-refractivity contribution in [2.45, 2.75) is 25.7 Å². The summed E-state index contributed by atoms with van der Waals surface area (Å²) in [6.45, 7) is 4.72.